The van der Waals surface area contributed by atoms with Crippen LogP contribution in [0.15, 0.2) is 54.0 Å². The fourth-order valence-electron chi connectivity index (χ4n) is 8.23. The van der Waals surface area contributed by atoms with E-state index in [-0.39, 0.29) is 28.6 Å². The van der Waals surface area contributed by atoms with Gasteiger partial charge in [-0.1, -0.05) is 30.3 Å². The molecule has 7 heterocycles. The molecule has 0 radical (unpaired) electrons. The molecule has 1 aliphatic carbocycles. The minimum absolute atomic E-state index is 0.127. The molecule has 10 rings (SSSR count). The van der Waals surface area contributed by atoms with Crippen molar-refractivity contribution in [2.45, 2.75) is 61.9 Å². The Kier molecular flexibility index (Phi) is 8.47. The molecule has 6 aromatic rings. The molecule has 298 valence electrons. The van der Waals surface area contributed by atoms with Gasteiger partial charge in [-0.05, 0) is 40.3 Å². The van der Waals surface area contributed by atoms with E-state index in [1.807, 2.05) is 18.2 Å². The van der Waals surface area contributed by atoms with Gasteiger partial charge in [0.2, 0.25) is 5.95 Å². The average Bonchev–Trinajstić information content (AvgIpc) is 3.99. The number of anilines is 2. The van der Waals surface area contributed by atoms with Crippen molar-refractivity contribution in [1.29, 1.82) is 0 Å². The number of nitrogens with zero attached hydrogens (tertiary/aromatic N) is 6. The summed E-state index contributed by atoms with van der Waals surface area (Å²) in [5.74, 6) is -0.139. The predicted octanol–water partition coefficient (Wildman–Crippen LogP) is 1.18. The third-order valence-corrected chi connectivity index (χ3v) is 12.7. The lowest BCUT2D eigenvalue weighted by Gasteiger charge is -2.25. The molecule has 3 aliphatic heterocycles. The molecule has 3 fully saturated rings. The Bertz CT molecular complexity index is 2770. The fourth-order valence-corrected chi connectivity index (χ4v) is 10.1. The number of aromatic nitrogens is 7. The maximum absolute atomic E-state index is 13.6. The number of rotatable bonds is 3. The lowest BCUT2D eigenvalue weighted by atomic mass is 9.95. The molecular formula is C33H33N9O13P2. The van der Waals surface area contributed by atoms with Crippen LogP contribution < -0.4 is 17.0 Å². The Balaban J connectivity index is 0.999. The Labute approximate surface area is 319 Å². The maximum Gasteiger partial charge on any atom is 0.472 e. The van der Waals surface area contributed by atoms with Crippen LogP contribution in [-0.4, -0.2) is 104 Å². The van der Waals surface area contributed by atoms with Crippen molar-refractivity contribution < 1.29 is 56.7 Å². The Morgan fingerprint density at radius 2 is 1.51 bits per heavy atom. The van der Waals surface area contributed by atoms with Gasteiger partial charge >= 0.3 is 15.6 Å². The van der Waals surface area contributed by atoms with Crippen LogP contribution in [0.5, 0.6) is 0 Å². The number of ether oxygens (including phenoxy) is 2. The predicted molar refractivity (Wildman–Crippen MR) is 196 cm³/mol. The number of phosphoric ester groups is 2. The monoisotopic (exact) mass is 825 g/mol. The summed E-state index contributed by atoms with van der Waals surface area (Å²) in [5.41, 5.74) is 15.3. The molecule has 24 heteroatoms. The number of hydrogen-bond acceptors (Lipinski definition) is 17. The third kappa shape index (κ3) is 6.00. The van der Waals surface area contributed by atoms with Gasteiger partial charge in [-0.3, -0.25) is 32.4 Å². The SMILES string of the molecule is Nc1nc2c(ncn2[C@@H]2O[C@@H]3COP(=O)(O)O[C@H]4[C@@H](O)[C@H](n5cc(-c6ccc7c8c(cccc68)CC7)c6c(N)ncnc65)O[C@@H]4COP(=O)(O)O[C@@H]2[C@@H]3O)c(=O)[nH]1. The highest BCUT2D eigenvalue weighted by Crippen LogP contribution is 2.54. The number of aliphatic hydroxyl groups excluding tert-OH is 2. The van der Waals surface area contributed by atoms with E-state index in [0.29, 0.717) is 10.9 Å². The number of aromatic amines is 1. The molecule has 4 aromatic heterocycles. The molecule has 2 bridgehead atoms. The number of aryl methyl sites for hydroxylation is 2. The van der Waals surface area contributed by atoms with E-state index in [1.54, 1.807) is 6.20 Å². The fraction of sp³-hybridized carbons (Fsp3) is 0.364. The first-order chi connectivity index (χ1) is 27.3. The number of nitrogens with two attached hydrogens (primary N) is 2. The number of fused-ring (bicyclic) bond motifs is 5. The van der Waals surface area contributed by atoms with Crippen LogP contribution >= 0.6 is 15.6 Å². The summed E-state index contributed by atoms with van der Waals surface area (Å²) < 4.78 is 63.2. The highest BCUT2D eigenvalue weighted by molar-refractivity contribution is 7.47. The van der Waals surface area contributed by atoms with E-state index in [0.717, 1.165) is 40.1 Å². The zero-order chi connectivity index (χ0) is 39.5. The van der Waals surface area contributed by atoms with Crippen molar-refractivity contribution >= 4 is 60.4 Å². The van der Waals surface area contributed by atoms with Gasteiger partial charge in [-0.2, -0.15) is 4.98 Å². The standard InChI is InChI=1S/C33H33N9O13P2/c34-27-21-17(15-7-6-14-5-4-13-2-1-3-16(15)20(13)14)8-41(28(21)37-11-36-27)31-24(44)25-19(53-31)10-51-57(48,49)55-26-23(43)18(9-50-56(46,47)54-25)52-32(26)42-12-38-22-29(42)39-33(35)40-30(22)45/h1-3,6-8,11-12,18-19,23-26,31-32,43-44H,4-5,9-10H2,(H,46,47)(H,48,49)(H2,34,36,37)(H3,35,39,40,45)/t18-,19-,23-,24-,25-,26-,31-,32-/m1/s1. The van der Waals surface area contributed by atoms with Gasteiger partial charge in [0.25, 0.3) is 5.56 Å². The van der Waals surface area contributed by atoms with Crippen LogP contribution in [-0.2, 0) is 49.5 Å². The number of hydrogen-bond donors (Lipinski definition) is 7. The summed E-state index contributed by atoms with van der Waals surface area (Å²) in [7, 11) is -10.3. The van der Waals surface area contributed by atoms with Gasteiger partial charge < -0.3 is 45.5 Å². The van der Waals surface area contributed by atoms with E-state index in [2.05, 4.69) is 37.1 Å². The second kappa shape index (κ2) is 13.2. The van der Waals surface area contributed by atoms with Crippen LogP contribution in [0.4, 0.5) is 11.8 Å². The average molecular weight is 826 g/mol. The van der Waals surface area contributed by atoms with Crippen LogP contribution in [0, 0.1) is 0 Å². The summed E-state index contributed by atoms with van der Waals surface area (Å²) in [5, 5.41) is 25.5. The molecule has 22 nitrogen and oxygen atoms in total. The van der Waals surface area contributed by atoms with E-state index in [4.69, 9.17) is 39.0 Å². The summed E-state index contributed by atoms with van der Waals surface area (Å²) >= 11 is 0. The van der Waals surface area contributed by atoms with Crippen molar-refractivity contribution in [2.75, 3.05) is 24.7 Å². The molecule has 4 aliphatic rings. The molecule has 2 unspecified atom stereocenters. The first-order valence-electron chi connectivity index (χ1n) is 17.6. The van der Waals surface area contributed by atoms with E-state index in [9.17, 15) is 33.9 Å². The van der Waals surface area contributed by atoms with Crippen LogP contribution in [0.1, 0.15) is 23.6 Å². The summed E-state index contributed by atoms with van der Waals surface area (Å²) in [6, 6.07) is 10.1. The summed E-state index contributed by atoms with van der Waals surface area (Å²) in [6.07, 6.45) is -7.01. The molecule has 2 aromatic carbocycles. The zero-order valence-corrected chi connectivity index (χ0v) is 31.1. The highest BCUT2D eigenvalue weighted by Gasteiger charge is 2.54. The molecule has 9 N–H and O–H groups in total. The first kappa shape index (κ1) is 36.7. The number of benzene rings is 2. The number of nitrogen functional groups attached to an aromatic ring is 2. The minimum Gasteiger partial charge on any atom is -0.387 e. The molecular weight excluding hydrogens is 792 g/mol. The first-order valence-corrected chi connectivity index (χ1v) is 20.6. The smallest absolute Gasteiger partial charge is 0.387 e. The van der Waals surface area contributed by atoms with Crippen LogP contribution in [0.3, 0.4) is 0 Å². The number of H-pyrrole nitrogens is 1. The van der Waals surface area contributed by atoms with E-state index >= 15 is 0 Å². The van der Waals surface area contributed by atoms with Crippen LogP contribution in [0.25, 0.3) is 44.1 Å². The molecule has 10 atom stereocenters. The van der Waals surface area contributed by atoms with Crippen molar-refractivity contribution in [3.05, 3.63) is 70.7 Å². The molecule has 0 spiro atoms. The van der Waals surface area contributed by atoms with Crippen molar-refractivity contribution in [2.24, 2.45) is 0 Å². The van der Waals surface area contributed by atoms with Gasteiger partial charge in [0.05, 0.1) is 24.9 Å². The van der Waals surface area contributed by atoms with Crippen molar-refractivity contribution in [1.82, 2.24) is 34.1 Å². The van der Waals surface area contributed by atoms with Gasteiger partial charge in [0, 0.05) is 11.8 Å². The normalized spacial score (nSPS) is 33.1. The lowest BCUT2D eigenvalue weighted by Crippen LogP contribution is -2.36. The number of imidazole rings is 1. The second-order valence-corrected chi connectivity index (χ2v) is 16.9. The van der Waals surface area contributed by atoms with E-state index in [1.165, 1.54) is 22.0 Å². The quantitative estimate of drug-likeness (QED) is 0.123. The lowest BCUT2D eigenvalue weighted by molar-refractivity contribution is -0.0671. The van der Waals surface area contributed by atoms with Gasteiger partial charge in [-0.25, -0.2) is 24.1 Å². The number of aliphatic hydroxyl groups is 2. The number of nitrogens with one attached hydrogen (secondary N) is 1. The topological polar surface area (TPSA) is 317 Å². The summed E-state index contributed by atoms with van der Waals surface area (Å²) in [4.78, 5) is 53.4. The Morgan fingerprint density at radius 1 is 0.789 bits per heavy atom. The molecule has 57 heavy (non-hydrogen) atoms. The van der Waals surface area contributed by atoms with E-state index < -0.39 is 83.5 Å². The number of phosphoric acid groups is 2. The molecule has 0 amide bonds. The van der Waals surface area contributed by atoms with Gasteiger partial charge in [0.1, 0.15) is 54.4 Å². The Hall–Kier alpha value is -4.67. The highest BCUT2D eigenvalue weighted by atomic mass is 31.2. The molecule has 0 saturated carbocycles. The Morgan fingerprint density at radius 3 is 2.30 bits per heavy atom. The molecule has 3 saturated heterocycles. The summed E-state index contributed by atoms with van der Waals surface area (Å²) in [6.45, 7) is -1.66. The maximum atomic E-state index is 13.6. The zero-order valence-electron chi connectivity index (χ0n) is 29.3. The van der Waals surface area contributed by atoms with Crippen LogP contribution in [0.2, 0.25) is 0 Å². The van der Waals surface area contributed by atoms with Gasteiger partial charge in [-0.15, -0.1) is 0 Å². The largest absolute Gasteiger partial charge is 0.472 e. The third-order valence-electron chi connectivity index (χ3n) is 10.7. The second-order valence-electron chi connectivity index (χ2n) is 14.1. The van der Waals surface area contributed by atoms with Crippen molar-refractivity contribution in [3.63, 3.8) is 0 Å². The van der Waals surface area contributed by atoms with Crippen molar-refractivity contribution in [3.8, 4) is 11.1 Å². The minimum atomic E-state index is -5.18. The van der Waals surface area contributed by atoms with Gasteiger partial charge in [0.15, 0.2) is 23.6 Å².